The van der Waals surface area contributed by atoms with Crippen molar-refractivity contribution in [2.24, 2.45) is 0 Å². The van der Waals surface area contributed by atoms with Gasteiger partial charge in [-0.15, -0.1) is 0 Å². The number of hydrogen-bond acceptors (Lipinski definition) is 4. The number of methoxy groups -OCH3 is 2. The summed E-state index contributed by atoms with van der Waals surface area (Å²) in [5, 5.41) is 0. The van der Waals surface area contributed by atoms with E-state index in [1.807, 2.05) is 17.0 Å². The molecule has 1 heterocycles. The van der Waals surface area contributed by atoms with Crippen LogP contribution in [0.1, 0.15) is 12.5 Å². The maximum atomic E-state index is 10.7. The molecular formula is C16H24N2O3. The molecule has 2 rings (SSSR count). The molecule has 0 N–H and O–H groups in total. The molecule has 5 heteroatoms. The fraction of sp³-hybridized carbons (Fsp3) is 0.562. The molecule has 1 aromatic carbocycles. The van der Waals surface area contributed by atoms with Crippen molar-refractivity contribution in [2.75, 3.05) is 40.4 Å². The number of piperazine rings is 1. The number of nitrogens with zero attached hydrogens (tertiary/aromatic N) is 2. The second-order valence-corrected chi connectivity index (χ2v) is 5.42. The number of amides is 1. The molecule has 0 saturated carbocycles. The Kier molecular flexibility index (Phi) is 5.44. The van der Waals surface area contributed by atoms with Crippen LogP contribution in [0.3, 0.4) is 0 Å². The number of hydrogen-bond donors (Lipinski definition) is 0. The van der Waals surface area contributed by atoms with Crippen molar-refractivity contribution < 1.29 is 14.3 Å². The molecule has 1 atom stereocenters. The van der Waals surface area contributed by atoms with Crippen LogP contribution in [0.5, 0.6) is 11.5 Å². The van der Waals surface area contributed by atoms with Crippen molar-refractivity contribution in [3.8, 4) is 11.5 Å². The highest BCUT2D eigenvalue weighted by Gasteiger charge is 2.20. The van der Waals surface area contributed by atoms with Crippen LogP contribution in [0.25, 0.3) is 0 Å². The smallest absolute Gasteiger partial charge is 0.209 e. The minimum Gasteiger partial charge on any atom is -0.493 e. The molecule has 116 valence electrons. The van der Waals surface area contributed by atoms with E-state index < -0.39 is 0 Å². The minimum atomic E-state index is 0.442. The van der Waals surface area contributed by atoms with Gasteiger partial charge in [-0.3, -0.25) is 9.69 Å². The lowest BCUT2D eigenvalue weighted by Gasteiger charge is -2.36. The minimum absolute atomic E-state index is 0.442. The van der Waals surface area contributed by atoms with E-state index in [0.717, 1.165) is 50.5 Å². The zero-order valence-electron chi connectivity index (χ0n) is 13.0. The molecule has 1 aliphatic rings. The monoisotopic (exact) mass is 292 g/mol. The van der Waals surface area contributed by atoms with Crippen molar-refractivity contribution in [3.05, 3.63) is 23.8 Å². The average Bonchev–Trinajstić information content (AvgIpc) is 2.54. The van der Waals surface area contributed by atoms with Crippen molar-refractivity contribution in [2.45, 2.75) is 19.4 Å². The van der Waals surface area contributed by atoms with Crippen molar-refractivity contribution in [1.82, 2.24) is 9.80 Å². The van der Waals surface area contributed by atoms with E-state index in [4.69, 9.17) is 9.47 Å². The molecule has 1 aromatic rings. The van der Waals surface area contributed by atoms with E-state index >= 15 is 0 Å². The molecule has 0 bridgehead atoms. The lowest BCUT2D eigenvalue weighted by atomic mass is 10.0. The second kappa shape index (κ2) is 7.31. The van der Waals surface area contributed by atoms with E-state index in [2.05, 4.69) is 17.9 Å². The largest absolute Gasteiger partial charge is 0.493 e. The molecule has 0 spiro atoms. The average molecular weight is 292 g/mol. The van der Waals surface area contributed by atoms with Gasteiger partial charge in [-0.25, -0.2) is 0 Å². The number of benzene rings is 1. The normalized spacial score (nSPS) is 17.4. The molecule has 21 heavy (non-hydrogen) atoms. The summed E-state index contributed by atoms with van der Waals surface area (Å²) < 4.78 is 10.6. The third-order valence-corrected chi connectivity index (χ3v) is 4.10. The summed E-state index contributed by atoms with van der Waals surface area (Å²) in [6, 6.07) is 6.51. The van der Waals surface area contributed by atoms with E-state index in [1.54, 1.807) is 14.2 Å². The van der Waals surface area contributed by atoms with Crippen molar-refractivity contribution in [3.63, 3.8) is 0 Å². The van der Waals surface area contributed by atoms with Gasteiger partial charge in [0.05, 0.1) is 14.2 Å². The molecule has 0 aliphatic carbocycles. The Bertz CT molecular complexity index is 471. The lowest BCUT2D eigenvalue weighted by molar-refractivity contribution is -0.120. The molecule has 1 amide bonds. The molecule has 1 fully saturated rings. The third-order valence-electron chi connectivity index (χ3n) is 4.10. The van der Waals surface area contributed by atoms with Gasteiger partial charge in [0.15, 0.2) is 11.5 Å². The number of carbonyl (C=O) groups excluding carboxylic acids is 1. The molecule has 5 nitrogen and oxygen atoms in total. The quantitative estimate of drug-likeness (QED) is 0.744. The van der Waals surface area contributed by atoms with Crippen LogP contribution < -0.4 is 9.47 Å². The maximum absolute atomic E-state index is 10.7. The number of ether oxygens (including phenoxy) is 2. The summed E-state index contributed by atoms with van der Waals surface area (Å²) >= 11 is 0. The fourth-order valence-electron chi connectivity index (χ4n) is 2.76. The van der Waals surface area contributed by atoms with Crippen LogP contribution in [-0.4, -0.2) is 62.7 Å². The topological polar surface area (TPSA) is 42.0 Å². The highest BCUT2D eigenvalue weighted by molar-refractivity contribution is 5.47. The van der Waals surface area contributed by atoms with Crippen LogP contribution in [-0.2, 0) is 11.2 Å². The van der Waals surface area contributed by atoms with Gasteiger partial charge in [0.2, 0.25) is 6.41 Å². The highest BCUT2D eigenvalue weighted by atomic mass is 16.5. The summed E-state index contributed by atoms with van der Waals surface area (Å²) in [7, 11) is 3.30. The molecule has 0 radical (unpaired) electrons. The van der Waals surface area contributed by atoms with Gasteiger partial charge in [0.25, 0.3) is 0 Å². The zero-order chi connectivity index (χ0) is 15.2. The van der Waals surface area contributed by atoms with E-state index in [1.165, 1.54) is 5.56 Å². The summed E-state index contributed by atoms with van der Waals surface area (Å²) in [5.74, 6) is 1.53. The molecule has 0 aromatic heterocycles. The van der Waals surface area contributed by atoms with Crippen LogP contribution >= 0.6 is 0 Å². The Hall–Kier alpha value is -1.75. The standard InChI is InChI=1S/C16H24N2O3/c1-13(18-8-6-17(12-19)7-9-18)10-14-4-5-15(20-2)16(11-14)21-3/h4-5,11-13H,6-10H2,1-3H3/t13-/m1/s1. The first-order chi connectivity index (χ1) is 10.2. The van der Waals surface area contributed by atoms with Gasteiger partial charge in [-0.05, 0) is 31.0 Å². The van der Waals surface area contributed by atoms with Crippen molar-refractivity contribution >= 4 is 6.41 Å². The molecule has 1 saturated heterocycles. The first-order valence-electron chi connectivity index (χ1n) is 7.32. The Morgan fingerprint density at radius 3 is 2.38 bits per heavy atom. The summed E-state index contributed by atoms with van der Waals surface area (Å²) in [6.45, 7) is 5.74. The fourth-order valence-corrected chi connectivity index (χ4v) is 2.76. The predicted molar refractivity (Wildman–Crippen MR) is 81.9 cm³/mol. The Morgan fingerprint density at radius 1 is 1.14 bits per heavy atom. The Morgan fingerprint density at radius 2 is 1.81 bits per heavy atom. The third kappa shape index (κ3) is 3.88. The predicted octanol–water partition coefficient (Wildman–Crippen LogP) is 1.41. The van der Waals surface area contributed by atoms with Gasteiger partial charge in [0, 0.05) is 32.2 Å². The first kappa shape index (κ1) is 15.6. The van der Waals surface area contributed by atoms with Gasteiger partial charge in [-0.2, -0.15) is 0 Å². The highest BCUT2D eigenvalue weighted by Crippen LogP contribution is 2.28. The van der Waals surface area contributed by atoms with Crippen molar-refractivity contribution in [1.29, 1.82) is 0 Å². The molecular weight excluding hydrogens is 268 g/mol. The van der Waals surface area contributed by atoms with Gasteiger partial charge < -0.3 is 14.4 Å². The van der Waals surface area contributed by atoms with Gasteiger partial charge in [0.1, 0.15) is 0 Å². The van der Waals surface area contributed by atoms with Crippen LogP contribution in [0.15, 0.2) is 18.2 Å². The SMILES string of the molecule is COc1ccc(C[C@@H](C)N2CCN(C=O)CC2)cc1OC. The number of rotatable bonds is 6. The zero-order valence-corrected chi connectivity index (χ0v) is 13.0. The maximum Gasteiger partial charge on any atom is 0.209 e. The van der Waals surface area contributed by atoms with E-state index in [9.17, 15) is 4.79 Å². The summed E-state index contributed by atoms with van der Waals surface area (Å²) in [5.41, 5.74) is 1.23. The second-order valence-electron chi connectivity index (χ2n) is 5.42. The Labute approximate surface area is 126 Å². The van der Waals surface area contributed by atoms with E-state index in [0.29, 0.717) is 6.04 Å². The summed E-state index contributed by atoms with van der Waals surface area (Å²) in [4.78, 5) is 15.0. The first-order valence-corrected chi connectivity index (χ1v) is 7.32. The van der Waals surface area contributed by atoms with E-state index in [-0.39, 0.29) is 0 Å². The van der Waals surface area contributed by atoms with Crippen LogP contribution in [0.4, 0.5) is 0 Å². The summed E-state index contributed by atoms with van der Waals surface area (Å²) in [6.07, 6.45) is 1.90. The van der Waals surface area contributed by atoms with Crippen LogP contribution in [0, 0.1) is 0 Å². The Balaban J connectivity index is 1.96. The molecule has 1 aliphatic heterocycles. The number of carbonyl (C=O) groups is 1. The van der Waals surface area contributed by atoms with Gasteiger partial charge >= 0.3 is 0 Å². The molecule has 0 unspecified atom stereocenters. The van der Waals surface area contributed by atoms with Gasteiger partial charge in [-0.1, -0.05) is 6.07 Å². The van der Waals surface area contributed by atoms with Crippen LogP contribution in [0.2, 0.25) is 0 Å². The lowest BCUT2D eigenvalue weighted by Crippen LogP contribution is -2.49.